The molecule has 0 spiro atoms. The van der Waals surface area contributed by atoms with Crippen molar-refractivity contribution in [2.45, 2.75) is 24.5 Å². The topological polar surface area (TPSA) is 95.6 Å². The lowest BCUT2D eigenvalue weighted by Gasteiger charge is -2.16. The summed E-state index contributed by atoms with van der Waals surface area (Å²) < 4.78 is 27.5. The number of nitrogens with one attached hydrogen (secondary N) is 2. The lowest BCUT2D eigenvalue weighted by molar-refractivity contribution is -0.111. The van der Waals surface area contributed by atoms with Gasteiger partial charge in [0.05, 0.1) is 9.90 Å². The maximum Gasteiger partial charge on any atom is 0.251 e. The van der Waals surface area contributed by atoms with Crippen molar-refractivity contribution >= 4 is 38.2 Å². The van der Waals surface area contributed by atoms with Gasteiger partial charge in [0.25, 0.3) is 5.91 Å². The van der Waals surface area contributed by atoms with Crippen LogP contribution < -0.4 is 10.6 Å². The number of anilines is 1. The van der Waals surface area contributed by atoms with E-state index in [0.29, 0.717) is 17.1 Å². The standard InChI is InChI=1S/C23H21N3O4S2/c1-2-21(27)25-22-12-18-14-26(15-20(18)31-22)32(29,30)19-10-8-17(9-11-19)23(28)24-13-16-6-4-3-5-7-16/h2-12H,1,13-15H2,(H,24,28)(H,25,27). The van der Waals surface area contributed by atoms with Crippen LogP contribution in [0.1, 0.15) is 26.4 Å². The predicted molar refractivity (Wildman–Crippen MR) is 124 cm³/mol. The van der Waals surface area contributed by atoms with E-state index in [4.69, 9.17) is 0 Å². The molecule has 0 radical (unpaired) electrons. The van der Waals surface area contributed by atoms with Gasteiger partial charge in [-0.25, -0.2) is 8.42 Å². The van der Waals surface area contributed by atoms with E-state index in [0.717, 1.165) is 16.0 Å². The van der Waals surface area contributed by atoms with Gasteiger partial charge >= 0.3 is 0 Å². The van der Waals surface area contributed by atoms with Crippen LogP contribution in [0.2, 0.25) is 0 Å². The maximum atomic E-state index is 13.0. The van der Waals surface area contributed by atoms with Gasteiger partial charge in [0.1, 0.15) is 0 Å². The van der Waals surface area contributed by atoms with E-state index in [1.165, 1.54) is 46.0 Å². The fraction of sp³-hybridized carbons (Fsp3) is 0.130. The highest BCUT2D eigenvalue weighted by atomic mass is 32.2. The molecule has 2 aromatic carbocycles. The molecule has 7 nitrogen and oxygen atoms in total. The number of thiophene rings is 1. The highest BCUT2D eigenvalue weighted by molar-refractivity contribution is 7.89. The molecule has 0 atom stereocenters. The number of sulfonamides is 1. The van der Waals surface area contributed by atoms with Crippen molar-refractivity contribution in [1.29, 1.82) is 0 Å². The summed E-state index contributed by atoms with van der Waals surface area (Å²) in [7, 11) is -3.71. The number of fused-ring (bicyclic) bond motifs is 1. The molecule has 0 unspecified atom stereocenters. The molecule has 0 fully saturated rings. The highest BCUT2D eigenvalue weighted by Gasteiger charge is 2.32. The number of carbonyl (C=O) groups is 2. The number of benzene rings is 2. The zero-order chi connectivity index (χ0) is 22.7. The Balaban J connectivity index is 1.40. The third-order valence-corrected chi connectivity index (χ3v) is 7.93. The minimum absolute atomic E-state index is 0.132. The van der Waals surface area contributed by atoms with Gasteiger partial charge in [-0.15, -0.1) is 11.3 Å². The monoisotopic (exact) mass is 467 g/mol. The largest absolute Gasteiger partial charge is 0.348 e. The molecule has 0 bridgehead atoms. The number of hydrogen-bond donors (Lipinski definition) is 2. The fourth-order valence-corrected chi connectivity index (χ4v) is 5.91. The van der Waals surface area contributed by atoms with E-state index in [-0.39, 0.29) is 29.8 Å². The van der Waals surface area contributed by atoms with E-state index in [1.807, 2.05) is 30.3 Å². The Kier molecular flexibility index (Phi) is 6.22. The second-order valence-electron chi connectivity index (χ2n) is 7.22. The SMILES string of the molecule is C=CC(=O)Nc1cc2c(s1)CN(S(=O)(=O)c1ccc(C(=O)NCc3ccccc3)cc1)C2. The average Bonchev–Trinajstić information content (AvgIpc) is 3.37. The summed E-state index contributed by atoms with van der Waals surface area (Å²) in [5.74, 6) is -0.572. The molecule has 3 aromatic rings. The molecule has 2 N–H and O–H groups in total. The smallest absolute Gasteiger partial charge is 0.251 e. The highest BCUT2D eigenvalue weighted by Crippen LogP contribution is 2.36. The number of rotatable bonds is 7. The van der Waals surface area contributed by atoms with Gasteiger partial charge in [-0.2, -0.15) is 4.31 Å². The van der Waals surface area contributed by atoms with Crippen LogP contribution in [0.25, 0.3) is 0 Å². The van der Waals surface area contributed by atoms with Gasteiger partial charge in [-0.05, 0) is 47.5 Å². The van der Waals surface area contributed by atoms with Crippen molar-refractivity contribution in [2.75, 3.05) is 5.32 Å². The van der Waals surface area contributed by atoms with Gasteiger partial charge < -0.3 is 10.6 Å². The molecule has 9 heteroatoms. The molecule has 1 aromatic heterocycles. The first-order valence-electron chi connectivity index (χ1n) is 9.84. The Morgan fingerprint density at radius 3 is 2.44 bits per heavy atom. The summed E-state index contributed by atoms with van der Waals surface area (Å²) in [6.45, 7) is 4.29. The first-order chi connectivity index (χ1) is 15.4. The summed E-state index contributed by atoms with van der Waals surface area (Å²) in [4.78, 5) is 24.8. The second kappa shape index (κ2) is 9.07. The normalized spacial score (nSPS) is 13.4. The number of hydrogen-bond acceptors (Lipinski definition) is 5. The molecule has 2 heterocycles. The van der Waals surface area contributed by atoms with Gasteiger partial charge in [-0.1, -0.05) is 36.9 Å². The second-order valence-corrected chi connectivity index (χ2v) is 10.3. The molecule has 1 aliphatic rings. The summed E-state index contributed by atoms with van der Waals surface area (Å²) >= 11 is 1.35. The molecular formula is C23H21N3O4S2. The minimum atomic E-state index is -3.71. The van der Waals surface area contributed by atoms with Gasteiger partial charge in [0, 0.05) is 30.1 Å². The third-order valence-electron chi connectivity index (χ3n) is 5.05. The zero-order valence-corrected chi connectivity index (χ0v) is 18.7. The van der Waals surface area contributed by atoms with E-state index in [2.05, 4.69) is 17.2 Å². The Morgan fingerprint density at radius 2 is 1.78 bits per heavy atom. The zero-order valence-electron chi connectivity index (χ0n) is 17.1. The Bertz CT molecular complexity index is 1240. The van der Waals surface area contributed by atoms with E-state index in [9.17, 15) is 18.0 Å². The van der Waals surface area contributed by atoms with Crippen LogP contribution in [0.15, 0.2) is 78.2 Å². The average molecular weight is 468 g/mol. The van der Waals surface area contributed by atoms with E-state index in [1.54, 1.807) is 6.07 Å². The predicted octanol–water partition coefficient (Wildman–Crippen LogP) is 3.51. The Morgan fingerprint density at radius 1 is 1.06 bits per heavy atom. The molecule has 1 aliphatic heterocycles. The Labute approximate surface area is 190 Å². The van der Waals surface area contributed by atoms with Crippen molar-refractivity contribution in [3.8, 4) is 0 Å². The fourth-order valence-electron chi connectivity index (χ4n) is 3.35. The molecular weight excluding hydrogens is 446 g/mol. The summed E-state index contributed by atoms with van der Waals surface area (Å²) in [5.41, 5.74) is 2.24. The summed E-state index contributed by atoms with van der Waals surface area (Å²) in [5, 5.41) is 6.20. The lowest BCUT2D eigenvalue weighted by Crippen LogP contribution is -2.26. The molecule has 32 heavy (non-hydrogen) atoms. The van der Waals surface area contributed by atoms with Crippen LogP contribution in [-0.2, 0) is 34.5 Å². The van der Waals surface area contributed by atoms with Crippen LogP contribution >= 0.6 is 11.3 Å². The lowest BCUT2D eigenvalue weighted by atomic mass is 10.2. The van der Waals surface area contributed by atoms with Gasteiger partial charge in [-0.3, -0.25) is 9.59 Å². The van der Waals surface area contributed by atoms with Crippen LogP contribution in [0.3, 0.4) is 0 Å². The molecule has 4 rings (SSSR count). The third kappa shape index (κ3) is 4.64. The quantitative estimate of drug-likeness (QED) is 0.520. The molecule has 2 amide bonds. The van der Waals surface area contributed by atoms with Crippen LogP contribution in [-0.4, -0.2) is 24.5 Å². The van der Waals surface area contributed by atoms with Crippen molar-refractivity contribution in [3.05, 3.63) is 94.9 Å². The van der Waals surface area contributed by atoms with Gasteiger partial charge in [0.2, 0.25) is 15.9 Å². The molecule has 0 saturated heterocycles. The van der Waals surface area contributed by atoms with Crippen LogP contribution in [0.4, 0.5) is 5.00 Å². The Hall–Kier alpha value is -3.27. The van der Waals surface area contributed by atoms with Gasteiger partial charge in [0.15, 0.2) is 0 Å². The van der Waals surface area contributed by atoms with Crippen molar-refractivity contribution in [1.82, 2.24) is 9.62 Å². The van der Waals surface area contributed by atoms with Crippen molar-refractivity contribution < 1.29 is 18.0 Å². The number of carbonyl (C=O) groups excluding carboxylic acids is 2. The molecule has 0 saturated carbocycles. The number of nitrogens with zero attached hydrogens (tertiary/aromatic N) is 1. The first kappa shape index (κ1) is 21.9. The maximum absolute atomic E-state index is 13.0. The van der Waals surface area contributed by atoms with Crippen molar-refractivity contribution in [2.24, 2.45) is 0 Å². The number of amides is 2. The first-order valence-corrected chi connectivity index (χ1v) is 12.1. The van der Waals surface area contributed by atoms with E-state index >= 15 is 0 Å². The summed E-state index contributed by atoms with van der Waals surface area (Å²) in [6, 6.07) is 17.3. The molecule has 0 aliphatic carbocycles. The van der Waals surface area contributed by atoms with E-state index < -0.39 is 10.0 Å². The van der Waals surface area contributed by atoms with Crippen molar-refractivity contribution in [3.63, 3.8) is 0 Å². The van der Waals surface area contributed by atoms with Crippen LogP contribution in [0, 0.1) is 0 Å². The molecule has 164 valence electrons. The van der Waals surface area contributed by atoms with Crippen LogP contribution in [0.5, 0.6) is 0 Å². The minimum Gasteiger partial charge on any atom is -0.348 e. The summed E-state index contributed by atoms with van der Waals surface area (Å²) in [6.07, 6.45) is 1.19.